The molecular formula is C38H66O5Si2. The molecule has 45 heavy (non-hydrogen) atoms. The molecule has 4 atom stereocenters. The van der Waals surface area contributed by atoms with Crippen molar-refractivity contribution in [2.45, 2.75) is 161 Å². The van der Waals surface area contributed by atoms with Crippen LogP contribution in [0.5, 0.6) is 0 Å². The summed E-state index contributed by atoms with van der Waals surface area (Å²) >= 11 is 0. The molecule has 0 aromatic rings. The summed E-state index contributed by atoms with van der Waals surface area (Å²) < 4.78 is 26.2. The smallest absolute Gasteiger partial charge is 0.305 e. The third-order valence-corrected chi connectivity index (χ3v) is 20.9. The Morgan fingerprint density at radius 3 is 2.29 bits per heavy atom. The zero-order valence-corrected chi connectivity index (χ0v) is 33.2. The van der Waals surface area contributed by atoms with Crippen LogP contribution in [0.3, 0.4) is 0 Å². The van der Waals surface area contributed by atoms with Crippen molar-refractivity contribution in [1.29, 1.82) is 0 Å². The molecule has 2 saturated carbocycles. The van der Waals surface area contributed by atoms with E-state index in [1.165, 1.54) is 20.0 Å². The number of carbonyl (C=O) groups excluding carboxylic acids is 1. The lowest BCUT2D eigenvalue weighted by atomic mass is 9.64. The van der Waals surface area contributed by atoms with Gasteiger partial charge in [-0.2, -0.15) is 0 Å². The Kier molecular flexibility index (Phi) is 11.9. The SMILES string of the molecule is C=C1C(=CC=C2CCC[C@]3(C)C(CC)=CC[C@@H]23)C[C@@](OCCCC(=O)OC)(O[Si](C)(C)C(C)(C)C)C[C@@H]1O[Si](C)(C)C(C)(C)C. The van der Waals surface area contributed by atoms with Crippen LogP contribution in [-0.2, 0) is 23.1 Å². The second kappa shape index (κ2) is 14.1. The van der Waals surface area contributed by atoms with Crippen LogP contribution < -0.4 is 0 Å². The molecule has 0 amide bonds. The van der Waals surface area contributed by atoms with Crippen molar-refractivity contribution in [2.75, 3.05) is 13.7 Å². The molecule has 0 spiro atoms. The van der Waals surface area contributed by atoms with Gasteiger partial charge >= 0.3 is 5.97 Å². The number of fused-ring (bicyclic) bond motifs is 1. The van der Waals surface area contributed by atoms with Crippen LogP contribution in [0.15, 0.2) is 47.1 Å². The normalized spacial score (nSPS) is 30.1. The third-order valence-electron chi connectivity index (χ3n) is 12.0. The van der Waals surface area contributed by atoms with Gasteiger partial charge in [-0.05, 0) is 97.3 Å². The van der Waals surface area contributed by atoms with E-state index in [1.54, 1.807) is 11.1 Å². The van der Waals surface area contributed by atoms with Gasteiger partial charge in [-0.3, -0.25) is 4.79 Å². The molecule has 0 radical (unpaired) electrons. The maximum Gasteiger partial charge on any atom is 0.305 e. The van der Waals surface area contributed by atoms with Gasteiger partial charge in [0.2, 0.25) is 0 Å². The summed E-state index contributed by atoms with van der Waals surface area (Å²) in [6.07, 6.45) is 15.1. The monoisotopic (exact) mass is 658 g/mol. The first-order valence-corrected chi connectivity index (χ1v) is 23.3. The Morgan fingerprint density at radius 2 is 1.71 bits per heavy atom. The Balaban J connectivity index is 2.07. The largest absolute Gasteiger partial charge is 0.469 e. The highest BCUT2D eigenvalue weighted by atomic mass is 28.4. The summed E-state index contributed by atoms with van der Waals surface area (Å²) in [7, 11) is -2.97. The minimum Gasteiger partial charge on any atom is -0.469 e. The summed E-state index contributed by atoms with van der Waals surface area (Å²) in [5, 5.41) is 0.0599. The molecule has 0 aromatic carbocycles. The van der Waals surface area contributed by atoms with E-state index < -0.39 is 22.4 Å². The van der Waals surface area contributed by atoms with E-state index in [0.717, 1.165) is 30.4 Å². The summed E-state index contributed by atoms with van der Waals surface area (Å²) in [6, 6.07) is 0. The Morgan fingerprint density at radius 1 is 1.07 bits per heavy atom. The zero-order valence-electron chi connectivity index (χ0n) is 31.2. The maximum absolute atomic E-state index is 11.9. The third kappa shape index (κ3) is 8.62. The van der Waals surface area contributed by atoms with E-state index in [2.05, 4.69) is 106 Å². The number of rotatable bonds is 11. The van der Waals surface area contributed by atoms with Crippen molar-refractivity contribution >= 4 is 22.6 Å². The quantitative estimate of drug-likeness (QED) is 0.0727. The molecule has 0 unspecified atom stereocenters. The van der Waals surface area contributed by atoms with Crippen LogP contribution >= 0.6 is 0 Å². The van der Waals surface area contributed by atoms with Crippen LogP contribution in [0.2, 0.25) is 36.3 Å². The second-order valence-corrected chi connectivity index (χ2v) is 26.6. The van der Waals surface area contributed by atoms with Crippen molar-refractivity contribution in [2.24, 2.45) is 11.3 Å². The van der Waals surface area contributed by atoms with Crippen molar-refractivity contribution in [3.63, 3.8) is 0 Å². The van der Waals surface area contributed by atoms with Gasteiger partial charge in [0.1, 0.15) is 0 Å². The van der Waals surface area contributed by atoms with E-state index in [4.69, 9.17) is 18.3 Å². The van der Waals surface area contributed by atoms with Gasteiger partial charge in [-0.1, -0.05) is 91.3 Å². The first-order valence-electron chi connectivity index (χ1n) is 17.5. The van der Waals surface area contributed by atoms with Crippen molar-refractivity contribution in [3.05, 3.63) is 47.1 Å². The minimum absolute atomic E-state index is 0.00445. The molecule has 7 heteroatoms. The fraction of sp³-hybridized carbons (Fsp3) is 0.763. The Hall–Kier alpha value is -1.26. The first-order chi connectivity index (χ1) is 20.6. The molecule has 0 aromatic heterocycles. The predicted octanol–water partition coefficient (Wildman–Crippen LogP) is 10.8. The fourth-order valence-electron chi connectivity index (χ4n) is 6.97. The molecule has 0 heterocycles. The highest BCUT2D eigenvalue weighted by Gasteiger charge is 2.51. The molecular weight excluding hydrogens is 593 g/mol. The Labute approximate surface area is 278 Å². The van der Waals surface area contributed by atoms with E-state index in [-0.39, 0.29) is 27.6 Å². The van der Waals surface area contributed by atoms with Gasteiger partial charge < -0.3 is 18.3 Å². The van der Waals surface area contributed by atoms with Gasteiger partial charge in [-0.25, -0.2) is 0 Å². The van der Waals surface area contributed by atoms with E-state index >= 15 is 0 Å². The van der Waals surface area contributed by atoms with Gasteiger partial charge in [0.15, 0.2) is 22.4 Å². The molecule has 3 aliphatic carbocycles. The maximum atomic E-state index is 11.9. The van der Waals surface area contributed by atoms with Crippen LogP contribution in [0.4, 0.5) is 0 Å². The Bertz CT molecular complexity index is 1180. The predicted molar refractivity (Wildman–Crippen MR) is 193 cm³/mol. The molecule has 0 N–H and O–H groups in total. The molecule has 0 saturated heterocycles. The molecule has 3 aliphatic rings. The van der Waals surface area contributed by atoms with Gasteiger partial charge in [0, 0.05) is 19.3 Å². The number of hydrogen-bond acceptors (Lipinski definition) is 5. The number of esters is 1. The highest BCUT2D eigenvalue weighted by molar-refractivity contribution is 6.74. The summed E-state index contributed by atoms with van der Waals surface area (Å²) in [6.45, 7) is 32.8. The lowest BCUT2D eigenvalue weighted by Gasteiger charge is -2.51. The average Bonchev–Trinajstić information content (AvgIpc) is 3.27. The van der Waals surface area contributed by atoms with Crippen molar-refractivity contribution in [3.8, 4) is 0 Å². The van der Waals surface area contributed by atoms with Gasteiger partial charge in [0.05, 0.1) is 19.8 Å². The van der Waals surface area contributed by atoms with Gasteiger partial charge in [0.25, 0.3) is 0 Å². The minimum atomic E-state index is -2.26. The lowest BCUT2D eigenvalue weighted by Crippen LogP contribution is -2.56. The first kappa shape index (κ1) is 38.2. The molecule has 3 rings (SSSR count). The summed E-state index contributed by atoms with van der Waals surface area (Å²) in [5.74, 6) is -0.492. The van der Waals surface area contributed by atoms with E-state index in [0.29, 0.717) is 38.2 Å². The summed E-state index contributed by atoms with van der Waals surface area (Å²) in [5.41, 5.74) is 5.70. The standard InChI is InChI=1S/C38H66O5Si2/c1-15-31-22-23-32-29(18-16-24-37(31,32)9)20-21-30-26-38(41-25-17-19-34(39)40-10,43-45(13,14)36(6,7)8)27-33(28(30)2)42-44(11,12)35(3,4)5/h20-22,32-33H,2,15-19,23-27H2,1,3-14H3/t32-,33-,37+,38+/m0/s1. The highest BCUT2D eigenvalue weighted by Crippen LogP contribution is 2.56. The van der Waals surface area contributed by atoms with E-state index in [1.807, 2.05) is 0 Å². The lowest BCUT2D eigenvalue weighted by molar-refractivity contribution is -0.209. The molecule has 0 bridgehead atoms. The number of ether oxygens (including phenoxy) is 2. The number of carbonyl (C=O) groups is 1. The number of hydrogen-bond donors (Lipinski definition) is 0. The van der Waals surface area contributed by atoms with Gasteiger partial charge in [-0.15, -0.1) is 0 Å². The fourth-order valence-corrected chi connectivity index (χ4v) is 9.71. The molecule has 5 nitrogen and oxygen atoms in total. The van der Waals surface area contributed by atoms with Crippen LogP contribution in [0, 0.1) is 11.3 Å². The van der Waals surface area contributed by atoms with Crippen molar-refractivity contribution < 1.29 is 23.1 Å². The zero-order chi connectivity index (χ0) is 34.1. The number of methoxy groups -OCH3 is 1. The topological polar surface area (TPSA) is 54.0 Å². The van der Waals surface area contributed by atoms with Crippen LogP contribution in [-0.4, -0.2) is 48.2 Å². The molecule has 0 aliphatic heterocycles. The number of allylic oxidation sites excluding steroid dienone is 5. The van der Waals surface area contributed by atoms with Crippen LogP contribution in [0.25, 0.3) is 0 Å². The van der Waals surface area contributed by atoms with Crippen LogP contribution in [0.1, 0.15) is 113 Å². The van der Waals surface area contributed by atoms with Crippen molar-refractivity contribution in [1.82, 2.24) is 0 Å². The second-order valence-electron chi connectivity index (χ2n) is 17.1. The molecule has 2 fully saturated rings. The average molecular weight is 659 g/mol. The summed E-state index contributed by atoms with van der Waals surface area (Å²) in [4.78, 5) is 11.9. The molecule has 256 valence electrons. The van der Waals surface area contributed by atoms with E-state index in [9.17, 15) is 4.79 Å².